The minimum absolute atomic E-state index is 0.00730. The van der Waals surface area contributed by atoms with Crippen LogP contribution in [0.1, 0.15) is 41.4 Å². The molecular formula is C17H17F3N2O4. The highest BCUT2D eigenvalue weighted by Gasteiger charge is 2.31. The number of benzene rings is 1. The molecule has 1 atom stereocenters. The van der Waals surface area contributed by atoms with Gasteiger partial charge in [0.25, 0.3) is 5.91 Å². The van der Waals surface area contributed by atoms with Crippen molar-refractivity contribution in [1.29, 1.82) is 0 Å². The predicted molar refractivity (Wildman–Crippen MR) is 85.5 cm³/mol. The summed E-state index contributed by atoms with van der Waals surface area (Å²) in [7, 11) is 0. The fraction of sp³-hybridized carbons (Fsp3) is 0.353. The molecule has 2 aromatic rings. The second-order valence-electron chi connectivity index (χ2n) is 5.69. The molecule has 9 heteroatoms. The molecule has 0 saturated heterocycles. The van der Waals surface area contributed by atoms with E-state index in [9.17, 15) is 22.8 Å². The Kier molecular flexibility index (Phi) is 5.69. The summed E-state index contributed by atoms with van der Waals surface area (Å²) in [4.78, 5) is 23.7. The number of halogens is 3. The molecule has 2 N–H and O–H groups in total. The number of amides is 1. The van der Waals surface area contributed by atoms with Gasteiger partial charge in [0.1, 0.15) is 23.1 Å². The molecule has 0 radical (unpaired) electrons. The predicted octanol–water partition coefficient (Wildman–Crippen LogP) is 3.65. The van der Waals surface area contributed by atoms with Crippen molar-refractivity contribution in [1.82, 2.24) is 10.5 Å². The normalized spacial score (nSPS) is 12.7. The molecule has 0 bridgehead atoms. The lowest BCUT2D eigenvalue weighted by atomic mass is 10.0. The molecule has 26 heavy (non-hydrogen) atoms. The van der Waals surface area contributed by atoms with E-state index in [0.29, 0.717) is 6.42 Å². The van der Waals surface area contributed by atoms with Crippen LogP contribution in [0.3, 0.4) is 0 Å². The first-order valence-electron chi connectivity index (χ1n) is 7.82. The topological polar surface area (TPSA) is 92.4 Å². The zero-order valence-electron chi connectivity index (χ0n) is 14.1. The van der Waals surface area contributed by atoms with Gasteiger partial charge in [0.2, 0.25) is 0 Å². The van der Waals surface area contributed by atoms with Gasteiger partial charge in [-0.3, -0.25) is 4.79 Å². The lowest BCUT2D eigenvalue weighted by Crippen LogP contribution is -2.40. The Balaban J connectivity index is 2.33. The second kappa shape index (κ2) is 7.59. The van der Waals surface area contributed by atoms with Gasteiger partial charge in [0.15, 0.2) is 0 Å². The summed E-state index contributed by atoms with van der Waals surface area (Å²) >= 11 is 0. The maximum Gasteiger partial charge on any atom is 0.416 e. The summed E-state index contributed by atoms with van der Waals surface area (Å²) in [6, 6.07) is 3.02. The second-order valence-corrected chi connectivity index (χ2v) is 5.69. The van der Waals surface area contributed by atoms with Crippen molar-refractivity contribution in [3.63, 3.8) is 0 Å². The number of aliphatic carboxylic acids is 1. The van der Waals surface area contributed by atoms with Gasteiger partial charge < -0.3 is 14.9 Å². The number of aromatic nitrogens is 1. The number of alkyl halides is 3. The van der Waals surface area contributed by atoms with Crippen LogP contribution in [-0.4, -0.2) is 28.2 Å². The molecule has 140 valence electrons. The molecule has 0 fully saturated rings. The maximum atomic E-state index is 12.7. The van der Waals surface area contributed by atoms with Crippen LogP contribution < -0.4 is 5.32 Å². The number of carbonyl (C=O) groups is 2. The molecule has 1 aromatic carbocycles. The van der Waals surface area contributed by atoms with E-state index in [4.69, 9.17) is 9.63 Å². The van der Waals surface area contributed by atoms with E-state index in [2.05, 4.69) is 10.5 Å². The van der Waals surface area contributed by atoms with Crippen LogP contribution in [0.15, 0.2) is 28.8 Å². The summed E-state index contributed by atoms with van der Waals surface area (Å²) < 4.78 is 43.0. The standard InChI is InChI=1S/C17H17F3N2O4/c1-3-4-12(16(24)25)21-15(23)13-9(2)26-22-14(13)10-5-7-11(8-6-10)17(18,19)20/h5-8,12H,3-4H2,1-2H3,(H,21,23)(H,24,25). The quantitative estimate of drug-likeness (QED) is 0.810. The van der Waals surface area contributed by atoms with Crippen molar-refractivity contribution in [3.8, 4) is 11.3 Å². The third kappa shape index (κ3) is 4.22. The number of rotatable bonds is 6. The van der Waals surface area contributed by atoms with Gasteiger partial charge in [0.05, 0.1) is 5.56 Å². The molecule has 1 amide bonds. The number of carboxylic acid groups (broad SMARTS) is 1. The van der Waals surface area contributed by atoms with Crippen molar-refractivity contribution in [3.05, 3.63) is 41.2 Å². The fourth-order valence-electron chi connectivity index (χ4n) is 2.43. The summed E-state index contributed by atoms with van der Waals surface area (Å²) in [5, 5.41) is 15.3. The largest absolute Gasteiger partial charge is 0.480 e. The van der Waals surface area contributed by atoms with Gasteiger partial charge in [-0.25, -0.2) is 4.79 Å². The Labute approximate surface area is 147 Å². The number of aryl methyl sites for hydroxylation is 1. The number of carbonyl (C=O) groups excluding carboxylic acids is 1. The average molecular weight is 370 g/mol. The number of hydrogen-bond acceptors (Lipinski definition) is 4. The summed E-state index contributed by atoms with van der Waals surface area (Å²) in [6.07, 6.45) is -3.69. The molecule has 0 aliphatic carbocycles. The fourth-order valence-corrected chi connectivity index (χ4v) is 2.43. The maximum absolute atomic E-state index is 12.7. The number of hydrogen-bond donors (Lipinski definition) is 2. The van der Waals surface area contributed by atoms with Crippen LogP contribution in [-0.2, 0) is 11.0 Å². The van der Waals surface area contributed by atoms with E-state index >= 15 is 0 Å². The van der Waals surface area contributed by atoms with E-state index in [-0.39, 0.29) is 29.0 Å². The molecule has 0 spiro atoms. The highest BCUT2D eigenvalue weighted by atomic mass is 19.4. The highest BCUT2D eigenvalue weighted by molar-refractivity contribution is 6.02. The van der Waals surface area contributed by atoms with Crippen LogP contribution in [0, 0.1) is 6.92 Å². The van der Waals surface area contributed by atoms with E-state index in [0.717, 1.165) is 12.1 Å². The number of carboxylic acids is 1. The van der Waals surface area contributed by atoms with Crippen LogP contribution in [0.5, 0.6) is 0 Å². The average Bonchev–Trinajstić information content (AvgIpc) is 2.95. The Hall–Kier alpha value is -2.84. The summed E-state index contributed by atoms with van der Waals surface area (Å²) in [6.45, 7) is 3.24. The van der Waals surface area contributed by atoms with Crippen LogP contribution >= 0.6 is 0 Å². The zero-order valence-corrected chi connectivity index (χ0v) is 14.1. The summed E-state index contributed by atoms with van der Waals surface area (Å²) in [5.74, 6) is -1.75. The van der Waals surface area contributed by atoms with Crippen LogP contribution in [0.25, 0.3) is 11.3 Å². The van der Waals surface area contributed by atoms with Crippen LogP contribution in [0.2, 0.25) is 0 Å². The van der Waals surface area contributed by atoms with E-state index < -0.39 is 29.7 Å². The van der Waals surface area contributed by atoms with Gasteiger partial charge >= 0.3 is 12.1 Å². The van der Waals surface area contributed by atoms with Gasteiger partial charge in [-0.1, -0.05) is 30.6 Å². The minimum atomic E-state index is -4.48. The third-order valence-corrected chi connectivity index (χ3v) is 3.76. The number of nitrogens with one attached hydrogen (secondary N) is 1. The molecule has 2 rings (SSSR count). The van der Waals surface area contributed by atoms with Gasteiger partial charge in [-0.2, -0.15) is 13.2 Å². The van der Waals surface area contributed by atoms with E-state index in [1.54, 1.807) is 6.92 Å². The van der Waals surface area contributed by atoms with Gasteiger partial charge in [-0.05, 0) is 25.5 Å². The first kappa shape index (κ1) is 19.5. The highest BCUT2D eigenvalue weighted by Crippen LogP contribution is 2.32. The first-order valence-corrected chi connectivity index (χ1v) is 7.82. The third-order valence-electron chi connectivity index (χ3n) is 3.76. The number of nitrogens with zero attached hydrogens (tertiary/aromatic N) is 1. The molecule has 0 aliphatic heterocycles. The van der Waals surface area contributed by atoms with Gasteiger partial charge in [0, 0.05) is 5.56 Å². The molecule has 1 heterocycles. The Morgan fingerprint density at radius 2 is 1.88 bits per heavy atom. The zero-order chi connectivity index (χ0) is 19.5. The van der Waals surface area contributed by atoms with Crippen molar-refractivity contribution in [2.45, 2.75) is 38.9 Å². The molecule has 1 aromatic heterocycles. The lowest BCUT2D eigenvalue weighted by Gasteiger charge is -2.13. The van der Waals surface area contributed by atoms with Crippen LogP contribution in [0.4, 0.5) is 13.2 Å². The van der Waals surface area contributed by atoms with E-state index in [1.165, 1.54) is 19.1 Å². The molecular weight excluding hydrogens is 353 g/mol. The molecule has 0 saturated carbocycles. The van der Waals surface area contributed by atoms with Gasteiger partial charge in [-0.15, -0.1) is 0 Å². The first-order chi connectivity index (χ1) is 12.1. The Morgan fingerprint density at radius 1 is 1.27 bits per heavy atom. The Bertz CT molecular complexity index is 797. The summed E-state index contributed by atoms with van der Waals surface area (Å²) in [5.41, 5.74) is -0.537. The minimum Gasteiger partial charge on any atom is -0.480 e. The smallest absolute Gasteiger partial charge is 0.416 e. The molecule has 0 aliphatic rings. The Morgan fingerprint density at radius 3 is 2.38 bits per heavy atom. The monoisotopic (exact) mass is 370 g/mol. The molecule has 6 nitrogen and oxygen atoms in total. The lowest BCUT2D eigenvalue weighted by molar-refractivity contribution is -0.139. The SMILES string of the molecule is CCCC(NC(=O)c1c(-c2ccc(C(F)(F)F)cc2)noc1C)C(=O)O. The van der Waals surface area contributed by atoms with E-state index in [1.807, 2.05) is 0 Å². The van der Waals surface area contributed by atoms with Crippen molar-refractivity contribution < 1.29 is 32.4 Å². The molecule has 1 unspecified atom stereocenters. The van der Waals surface area contributed by atoms with Crippen molar-refractivity contribution in [2.75, 3.05) is 0 Å². The van der Waals surface area contributed by atoms with Crippen molar-refractivity contribution in [2.24, 2.45) is 0 Å². The van der Waals surface area contributed by atoms with Crippen molar-refractivity contribution >= 4 is 11.9 Å².